The molecule has 7 rings (SSSR count). The van der Waals surface area contributed by atoms with Crippen molar-refractivity contribution < 1.29 is 18.6 Å². The molecule has 0 bridgehead atoms. The summed E-state index contributed by atoms with van der Waals surface area (Å²) in [6.07, 6.45) is -0.996. The van der Waals surface area contributed by atoms with E-state index in [9.17, 15) is 0 Å². The Bertz CT molecular complexity index is 1320. The molecule has 2 aliphatic heterocycles. The van der Waals surface area contributed by atoms with Gasteiger partial charge in [-0.2, -0.15) is 0 Å². The maximum atomic E-state index is 6.69. The Morgan fingerprint density at radius 1 is 0.300 bits per heavy atom. The molecule has 0 unspecified atom stereocenters. The van der Waals surface area contributed by atoms with Crippen LogP contribution in [0.25, 0.3) is 0 Å². The lowest BCUT2D eigenvalue weighted by Crippen LogP contribution is -2.50. The molecule has 2 heterocycles. The first-order chi connectivity index (χ1) is 19.8. The normalized spacial score (nSPS) is 22.5. The lowest BCUT2D eigenvalue weighted by molar-refractivity contribution is 0.159. The van der Waals surface area contributed by atoms with Crippen molar-refractivity contribution in [1.29, 1.82) is 0 Å². The summed E-state index contributed by atoms with van der Waals surface area (Å²) in [7, 11) is -1.16. The van der Waals surface area contributed by atoms with Gasteiger partial charge in [-0.15, -0.1) is 0 Å². The van der Waals surface area contributed by atoms with E-state index < -0.39 is 14.2 Å². The third-order valence-corrected chi connectivity index (χ3v) is 7.65. The van der Waals surface area contributed by atoms with Gasteiger partial charge in [0.15, 0.2) is 0 Å². The highest BCUT2D eigenvalue weighted by atomic mass is 16.7. The van der Waals surface area contributed by atoms with Crippen molar-refractivity contribution in [3.63, 3.8) is 0 Å². The summed E-state index contributed by atoms with van der Waals surface area (Å²) in [5, 5.41) is 0. The fraction of sp³-hybridized carbons (Fsp3) is 0.118. The van der Waals surface area contributed by atoms with Crippen molar-refractivity contribution in [3.8, 4) is 0 Å². The van der Waals surface area contributed by atoms with Crippen molar-refractivity contribution >= 4 is 25.2 Å². The Labute approximate surface area is 235 Å². The third kappa shape index (κ3) is 4.91. The van der Waals surface area contributed by atoms with E-state index in [1.807, 2.05) is 84.9 Å². The van der Waals surface area contributed by atoms with E-state index in [-0.39, 0.29) is 24.4 Å². The maximum Gasteiger partial charge on any atom is 0.494 e. The lowest BCUT2D eigenvalue weighted by atomic mass is 9.65. The van der Waals surface area contributed by atoms with Gasteiger partial charge in [-0.25, -0.2) is 0 Å². The molecule has 0 N–H and O–H groups in total. The van der Waals surface area contributed by atoms with Crippen molar-refractivity contribution in [1.82, 2.24) is 0 Å². The van der Waals surface area contributed by atoms with Gasteiger partial charge < -0.3 is 18.6 Å². The second-order valence-corrected chi connectivity index (χ2v) is 10.2. The summed E-state index contributed by atoms with van der Waals surface area (Å²) in [6, 6.07) is 49.2. The lowest BCUT2D eigenvalue weighted by Gasteiger charge is -2.19. The van der Waals surface area contributed by atoms with E-state index in [2.05, 4.69) is 60.7 Å². The van der Waals surface area contributed by atoms with Crippen LogP contribution < -0.4 is 10.9 Å². The summed E-state index contributed by atoms with van der Waals surface area (Å²) in [5.41, 5.74) is 6.15. The molecule has 40 heavy (non-hydrogen) atoms. The zero-order valence-corrected chi connectivity index (χ0v) is 22.0. The summed E-state index contributed by atoms with van der Waals surface area (Å²) in [5.74, 6) is 0. The quantitative estimate of drug-likeness (QED) is 0.252. The van der Waals surface area contributed by atoms with Gasteiger partial charge in [0.25, 0.3) is 0 Å². The summed E-state index contributed by atoms with van der Waals surface area (Å²) >= 11 is 0. The molecular weight excluding hydrogens is 494 g/mol. The highest BCUT2D eigenvalue weighted by molar-refractivity contribution is 6.74. The van der Waals surface area contributed by atoms with Crippen LogP contribution in [0.4, 0.5) is 0 Å². The molecule has 0 saturated carbocycles. The predicted molar refractivity (Wildman–Crippen MR) is 158 cm³/mol. The molecule has 0 aliphatic carbocycles. The largest absolute Gasteiger partial charge is 0.494 e. The number of rotatable bonds is 6. The second kappa shape index (κ2) is 11.3. The minimum Gasteiger partial charge on any atom is -0.397 e. The summed E-state index contributed by atoms with van der Waals surface area (Å²) < 4.78 is 26.8. The molecular formula is C34H28B2O4. The molecule has 0 spiro atoms. The molecule has 0 aromatic heterocycles. The first kappa shape index (κ1) is 25.1. The van der Waals surface area contributed by atoms with Crippen LogP contribution in [0.2, 0.25) is 0 Å². The summed E-state index contributed by atoms with van der Waals surface area (Å²) in [4.78, 5) is 0. The molecule has 6 heteroatoms. The van der Waals surface area contributed by atoms with Crippen LogP contribution in [0.5, 0.6) is 0 Å². The van der Waals surface area contributed by atoms with Crippen molar-refractivity contribution in [2.24, 2.45) is 0 Å². The molecule has 2 fully saturated rings. The molecule has 4 atom stereocenters. The minimum atomic E-state index is -0.579. The molecule has 0 amide bonds. The van der Waals surface area contributed by atoms with Crippen molar-refractivity contribution in [2.45, 2.75) is 24.4 Å². The van der Waals surface area contributed by atoms with Gasteiger partial charge in [0, 0.05) is 0 Å². The molecule has 5 aromatic carbocycles. The van der Waals surface area contributed by atoms with Crippen LogP contribution in [0.1, 0.15) is 46.7 Å². The topological polar surface area (TPSA) is 36.9 Å². The SMILES string of the molecule is c1ccc([C@H]2OB(c3ccccc3B3O[C@H](c4ccccc4)[C@@H](c4ccccc4)O3)O[C@@H]2c2ccccc2)cc1. The maximum absolute atomic E-state index is 6.69. The molecule has 5 aromatic rings. The third-order valence-electron chi connectivity index (χ3n) is 7.65. The molecule has 0 radical (unpaired) electrons. The van der Waals surface area contributed by atoms with Crippen LogP contribution in [0.3, 0.4) is 0 Å². The van der Waals surface area contributed by atoms with Gasteiger partial charge in [0.05, 0.1) is 24.4 Å². The first-order valence-corrected chi connectivity index (χ1v) is 13.8. The predicted octanol–water partition coefficient (Wildman–Crippen LogP) is 6.14. The van der Waals surface area contributed by atoms with Crippen LogP contribution in [-0.2, 0) is 18.6 Å². The fourth-order valence-electron chi connectivity index (χ4n) is 5.70. The average Bonchev–Trinajstić information content (AvgIpc) is 3.69. The van der Waals surface area contributed by atoms with Crippen LogP contribution in [-0.4, -0.2) is 14.2 Å². The Hall–Kier alpha value is -3.93. The van der Waals surface area contributed by atoms with Gasteiger partial charge in [0.1, 0.15) is 0 Å². The van der Waals surface area contributed by atoms with Gasteiger partial charge in [0.2, 0.25) is 0 Å². The van der Waals surface area contributed by atoms with Gasteiger partial charge in [-0.3, -0.25) is 0 Å². The number of benzene rings is 5. The van der Waals surface area contributed by atoms with Gasteiger partial charge in [-0.1, -0.05) is 146 Å². The van der Waals surface area contributed by atoms with Crippen molar-refractivity contribution in [2.75, 3.05) is 0 Å². The zero-order chi connectivity index (χ0) is 26.7. The average molecular weight is 522 g/mol. The fourth-order valence-corrected chi connectivity index (χ4v) is 5.70. The van der Waals surface area contributed by atoms with E-state index in [1.54, 1.807) is 0 Å². The van der Waals surface area contributed by atoms with Crippen LogP contribution in [0, 0.1) is 0 Å². The first-order valence-electron chi connectivity index (χ1n) is 13.8. The molecule has 2 aliphatic rings. The van der Waals surface area contributed by atoms with E-state index >= 15 is 0 Å². The van der Waals surface area contributed by atoms with Gasteiger partial charge >= 0.3 is 14.2 Å². The van der Waals surface area contributed by atoms with E-state index in [1.165, 1.54) is 0 Å². The monoisotopic (exact) mass is 522 g/mol. The Kier molecular flexibility index (Phi) is 7.07. The minimum absolute atomic E-state index is 0.249. The van der Waals surface area contributed by atoms with Gasteiger partial charge in [-0.05, 0) is 33.2 Å². The number of hydrogen-bond acceptors (Lipinski definition) is 4. The highest BCUT2D eigenvalue weighted by Crippen LogP contribution is 2.43. The summed E-state index contributed by atoms with van der Waals surface area (Å²) in [6.45, 7) is 0. The van der Waals surface area contributed by atoms with E-state index in [0.29, 0.717) is 0 Å². The highest BCUT2D eigenvalue weighted by Gasteiger charge is 2.48. The van der Waals surface area contributed by atoms with E-state index in [0.717, 1.165) is 33.2 Å². The Balaban J connectivity index is 1.23. The smallest absolute Gasteiger partial charge is 0.397 e. The van der Waals surface area contributed by atoms with E-state index in [4.69, 9.17) is 18.6 Å². The Morgan fingerprint density at radius 2 is 0.525 bits per heavy atom. The van der Waals surface area contributed by atoms with Crippen molar-refractivity contribution in [3.05, 3.63) is 168 Å². The Morgan fingerprint density at radius 3 is 0.775 bits per heavy atom. The number of hydrogen-bond donors (Lipinski definition) is 0. The standard InChI is InChI=1S/C34H28B2O4/c1-5-15-25(16-6-1)31-32(26-17-7-2-8-18-26)38-35(37-31)29-23-13-14-24-30(29)36-39-33(27-19-9-3-10-20-27)34(40-36)28-21-11-4-12-22-28/h1-24,31-34H/t31-,32-,33-,34-/m1/s1. The van der Waals surface area contributed by atoms with Crippen LogP contribution in [0.15, 0.2) is 146 Å². The molecule has 2 saturated heterocycles. The second-order valence-electron chi connectivity index (χ2n) is 10.2. The molecule has 194 valence electrons. The zero-order valence-electron chi connectivity index (χ0n) is 22.0. The van der Waals surface area contributed by atoms with Crippen LogP contribution >= 0.6 is 0 Å². The molecule has 4 nitrogen and oxygen atoms in total.